The average molecular weight is 1480 g/mol. The van der Waals surface area contributed by atoms with Crippen molar-refractivity contribution in [2.24, 2.45) is 5.41 Å². The zero-order chi connectivity index (χ0) is 69.3. The van der Waals surface area contributed by atoms with Crippen LogP contribution in [0.5, 0.6) is 0 Å². The number of ether oxygens (including phenoxy) is 14. The van der Waals surface area contributed by atoms with Crippen LogP contribution in [0.15, 0.2) is 58.7 Å². The van der Waals surface area contributed by atoms with Crippen LogP contribution in [-0.4, -0.2) is 343 Å². The van der Waals surface area contributed by atoms with Gasteiger partial charge in [-0.1, -0.05) is 85.4 Å². The summed E-state index contributed by atoms with van der Waals surface area (Å²) in [4.78, 5) is 12.3. The molecule has 0 aromatic carbocycles. The van der Waals surface area contributed by atoms with Crippen LogP contribution in [0.2, 0.25) is 0 Å². The van der Waals surface area contributed by atoms with Crippen molar-refractivity contribution in [3.05, 3.63) is 58.7 Å². The highest BCUT2D eigenvalue weighted by Gasteiger charge is 2.59. The minimum atomic E-state index is -2.13. The van der Waals surface area contributed by atoms with Crippen molar-refractivity contribution in [3.8, 4) is 0 Å². The van der Waals surface area contributed by atoms with Gasteiger partial charge in [-0.05, 0) is 67.6 Å². The maximum absolute atomic E-state index is 11.4. The second-order valence-electron chi connectivity index (χ2n) is 24.0. The van der Waals surface area contributed by atoms with E-state index >= 15 is 0 Å². The molecule has 33 heteroatoms. The number of aldehydes is 1. The Hall–Kier alpha value is -2.14. The summed E-state index contributed by atoms with van der Waals surface area (Å²) in [5.41, 5.74) is 5.48. The normalized spacial score (nSPS) is 43.9. The van der Waals surface area contributed by atoms with Crippen LogP contribution in [0.1, 0.15) is 61.3 Å². The van der Waals surface area contributed by atoms with Crippen LogP contribution >= 0.6 is 22.6 Å². The summed E-state index contributed by atoms with van der Waals surface area (Å²) in [6, 6.07) is 0. The molecule has 23 rings (SSSR count). The summed E-state index contributed by atoms with van der Waals surface area (Å²) < 4.78 is 79.8. The minimum absolute atomic E-state index is 0. The molecule has 94 heavy (non-hydrogen) atoms. The first-order valence-corrected chi connectivity index (χ1v) is 32.6. The van der Waals surface area contributed by atoms with Crippen LogP contribution < -0.4 is 0 Å². The first-order valence-electron chi connectivity index (χ1n) is 30.4. The molecule has 0 saturated carbocycles. The van der Waals surface area contributed by atoms with E-state index in [9.17, 15) is 86.5 Å². The number of carbonyl (C=O) groups excluding carboxylic acids is 1. The van der Waals surface area contributed by atoms with Gasteiger partial charge in [-0.3, -0.25) is 4.79 Å². The number of allylic oxidation sites excluding steroid dienone is 10. The Morgan fingerprint density at radius 3 is 0.979 bits per heavy atom. The number of halogens is 1. The molecule has 30 unspecified atom stereocenters. The molecule has 12 bridgehead atoms. The summed E-state index contributed by atoms with van der Waals surface area (Å²) in [6.45, 7) is 6.25. The fourth-order valence-corrected chi connectivity index (χ4v) is 12.0. The number of hydrogen-bond donors (Lipinski definition) is 17. The van der Waals surface area contributed by atoms with Crippen LogP contribution in [-0.2, 0) is 71.1 Å². The van der Waals surface area contributed by atoms with E-state index < -0.39 is 224 Å². The molecule has 22 saturated heterocycles. The first-order chi connectivity index (χ1) is 44.3. The number of hydrogen-bond acceptors (Lipinski definition) is 32. The Labute approximate surface area is 560 Å². The van der Waals surface area contributed by atoms with Crippen molar-refractivity contribution in [2.75, 3.05) is 65.9 Å². The molecule has 17 N–H and O–H groups in total. The van der Waals surface area contributed by atoms with Gasteiger partial charge in [-0.25, -0.2) is 0 Å². The lowest BCUT2D eigenvalue weighted by molar-refractivity contribution is -0.404. The van der Waals surface area contributed by atoms with Crippen molar-refractivity contribution < 1.29 is 158 Å². The predicted octanol–water partition coefficient (Wildman–Crippen LogP) is -4.73. The van der Waals surface area contributed by atoms with Gasteiger partial charge >= 0.3 is 0 Å². The average Bonchev–Trinajstić information content (AvgIpc) is 0.779. The van der Waals surface area contributed by atoms with Gasteiger partial charge in [-0.2, -0.15) is 0 Å². The van der Waals surface area contributed by atoms with Crippen LogP contribution in [0.25, 0.3) is 0 Å². The number of methoxy groups -OCH3 is 2. The lowest BCUT2D eigenvalue weighted by Crippen LogP contribution is -2.69. The van der Waals surface area contributed by atoms with Crippen LogP contribution in [0.4, 0.5) is 0 Å². The molecule has 0 aromatic rings. The molecule has 22 heterocycles. The lowest BCUT2D eigenvalue weighted by Gasteiger charge is -2.50. The van der Waals surface area contributed by atoms with E-state index in [1.54, 1.807) is 6.08 Å². The largest absolute Gasteiger partial charge is 0.400 e. The van der Waals surface area contributed by atoms with E-state index in [4.69, 9.17) is 71.4 Å². The van der Waals surface area contributed by atoms with E-state index in [1.807, 2.05) is 24.0 Å². The topological polar surface area (TPSA) is 490 Å². The van der Waals surface area contributed by atoms with Gasteiger partial charge in [-0.15, -0.1) is 0 Å². The summed E-state index contributed by atoms with van der Waals surface area (Å²) in [5.74, 6) is 0. The van der Waals surface area contributed by atoms with Gasteiger partial charge < -0.3 is 153 Å². The fourth-order valence-electron chi connectivity index (χ4n) is 12.0. The predicted molar refractivity (Wildman–Crippen MR) is 332 cm³/mol. The summed E-state index contributed by atoms with van der Waals surface area (Å²) in [5, 5.41) is 184. The number of alkyl halides is 1. The molecule has 30 atom stereocenters. The van der Waals surface area contributed by atoms with Crippen molar-refractivity contribution in [3.63, 3.8) is 0 Å². The first kappa shape index (κ1) is 84.3. The third kappa shape index (κ3) is 20.3. The molecular formula is C61H103IO32. The third-order valence-electron chi connectivity index (χ3n) is 17.1. The monoisotopic (exact) mass is 1470 g/mol. The lowest BCUT2D eigenvalue weighted by atomic mass is 9.72. The van der Waals surface area contributed by atoms with E-state index in [-0.39, 0.29) is 12.8 Å². The molecule has 0 aromatic heterocycles. The molecule has 1 aliphatic carbocycles. The number of carbonyl (C=O) groups is 1. The molecule has 22 aliphatic heterocycles. The fraction of sp³-hybridized carbons (Fsp3) is 0.820. The maximum Gasteiger partial charge on any atom is 0.187 e. The minimum Gasteiger partial charge on any atom is -0.400 e. The highest BCUT2D eigenvalue weighted by atomic mass is 127. The van der Waals surface area contributed by atoms with E-state index in [1.165, 1.54) is 50.2 Å². The highest BCUT2D eigenvalue weighted by Crippen LogP contribution is 2.42. The molecule has 23 aliphatic rings. The van der Waals surface area contributed by atoms with E-state index in [0.29, 0.717) is 0 Å². The molecule has 0 spiro atoms. The van der Waals surface area contributed by atoms with Crippen molar-refractivity contribution >= 4 is 28.9 Å². The molecule has 0 radical (unpaired) electrons. The van der Waals surface area contributed by atoms with Crippen molar-refractivity contribution in [2.45, 2.75) is 246 Å². The molecule has 32 nitrogen and oxygen atoms in total. The smallest absolute Gasteiger partial charge is 0.187 e. The van der Waals surface area contributed by atoms with Gasteiger partial charge in [0.1, 0.15) is 153 Å². The third-order valence-corrected chi connectivity index (χ3v) is 17.1. The molecule has 22 fully saturated rings. The Bertz CT molecular complexity index is 2370. The van der Waals surface area contributed by atoms with Gasteiger partial charge in [0.2, 0.25) is 0 Å². The summed E-state index contributed by atoms with van der Waals surface area (Å²) >= 11 is 2.15. The Morgan fingerprint density at radius 1 is 0.457 bits per heavy atom. The molecular weight excluding hydrogens is 1370 g/mol. The van der Waals surface area contributed by atoms with E-state index in [0.717, 1.165) is 19.0 Å². The standard InChI is InChI=1S/C38H64O30.C20H28O.CH3I.CH4O.CH4/c1-55-7-13-31-20(48)26(54)38(62-13)68-32-14(8-56-2)61-37(25(53)19(32)47)66-30-12(6-42)59-35(23(51)17(30)45)64-28-10(4-40)57-33(21(49)15(28)43)63-27-9(3-39)58-34(22(50)16(27)44)65-29-11(5-41)60-36(67-31)24(52)18(29)46;1-16(8-6-9-17(2)13-15-21)11-12-19-18(3)10-7-14-20(19,4)5;2*1-2;/h9-54H,3-8H2,1-2H3;6,8-9,11-13,15H,7,10,14H2,1-5H3;1H3;2H,1H3;1H4/b;9-6+,12-11+,16-8+,17-13+;;;. The number of aliphatic hydroxyl groups excluding tert-OH is 17. The Morgan fingerprint density at radius 2 is 0.723 bits per heavy atom. The number of aliphatic hydroxyl groups is 17. The molecule has 0 amide bonds. The van der Waals surface area contributed by atoms with Gasteiger partial charge in [0.25, 0.3) is 0 Å². The quantitative estimate of drug-likeness (QED) is 0.0271. The van der Waals surface area contributed by atoms with Gasteiger partial charge in [0.15, 0.2) is 37.7 Å². The SMILES string of the molecule is C.CC1=C(/C=C/C(C)=C/C=C/C(C)=C/C=O)C(C)(C)CCC1.CI.CO.COCC1OC2OC3C(COC)OC(OC4C(CO)OC(OC5C(CO)OC(OC6C(CO)OC(OC7C(CO)OC(OC1C(O)C2O)C(O)C7O)C(O)C6O)C(O)C5O)C(O)C4O)C(O)C3O. The zero-order valence-electron chi connectivity index (χ0n) is 53.3. The second-order valence-corrected chi connectivity index (χ2v) is 24.0. The van der Waals surface area contributed by atoms with Crippen molar-refractivity contribution in [1.82, 2.24) is 0 Å². The van der Waals surface area contributed by atoms with Crippen molar-refractivity contribution in [1.29, 1.82) is 0 Å². The van der Waals surface area contributed by atoms with E-state index in [2.05, 4.69) is 68.5 Å². The van der Waals surface area contributed by atoms with Gasteiger partial charge in [0.05, 0.1) is 39.6 Å². The molecule has 546 valence electrons. The summed E-state index contributed by atoms with van der Waals surface area (Å²) in [6.07, 6.45) is -39.7. The number of rotatable bonds is 13. The Balaban J connectivity index is 0.000000612. The van der Waals surface area contributed by atoms with Gasteiger partial charge in [0, 0.05) is 21.3 Å². The highest BCUT2D eigenvalue weighted by molar-refractivity contribution is 14.1. The van der Waals surface area contributed by atoms with Crippen LogP contribution in [0.3, 0.4) is 0 Å². The maximum atomic E-state index is 11.4. The summed E-state index contributed by atoms with van der Waals surface area (Å²) in [7, 11) is 3.47. The second kappa shape index (κ2) is 39.7. The zero-order valence-corrected chi connectivity index (χ0v) is 55.5. The van der Waals surface area contributed by atoms with Crippen LogP contribution in [0, 0.1) is 5.41 Å². The Kier molecular flexibility index (Phi) is 35.6.